The molecular weight excluding hydrogens is 197 g/mol. The van der Waals surface area contributed by atoms with Gasteiger partial charge in [-0.2, -0.15) is 0 Å². The molecule has 78 valence electrons. The highest BCUT2D eigenvalue weighted by Crippen LogP contribution is 2.31. The molecule has 0 aromatic heterocycles. The number of alkyl halides is 3. The van der Waals surface area contributed by atoms with Crippen molar-refractivity contribution >= 4 is 5.69 Å². The predicted octanol–water partition coefficient (Wildman–Crippen LogP) is 2.18. The summed E-state index contributed by atoms with van der Waals surface area (Å²) in [6.45, 7) is 1.62. The first-order valence-corrected chi connectivity index (χ1v) is 3.76. The molecule has 0 spiro atoms. The second-order valence-corrected chi connectivity index (χ2v) is 2.64. The van der Waals surface area contributed by atoms with Gasteiger partial charge >= 0.3 is 6.36 Å². The molecule has 0 saturated carbocycles. The maximum absolute atomic E-state index is 11.9. The van der Waals surface area contributed by atoms with Crippen LogP contribution in [0, 0.1) is 6.92 Å². The summed E-state index contributed by atoms with van der Waals surface area (Å²) in [7, 11) is 0. The Morgan fingerprint density at radius 3 is 2.50 bits per heavy atom. The second-order valence-electron chi connectivity index (χ2n) is 2.64. The SMILES string of the molecule is Cc1cccc(OC(F)(F)F)c1NN. The summed E-state index contributed by atoms with van der Waals surface area (Å²) in [6.07, 6.45) is -4.71. The number of halogens is 3. The number of rotatable bonds is 2. The van der Waals surface area contributed by atoms with E-state index in [2.05, 4.69) is 10.2 Å². The highest BCUT2D eigenvalue weighted by Gasteiger charge is 2.32. The molecule has 3 nitrogen and oxygen atoms in total. The van der Waals surface area contributed by atoms with E-state index < -0.39 is 6.36 Å². The van der Waals surface area contributed by atoms with Crippen molar-refractivity contribution < 1.29 is 17.9 Å². The number of hydrogen-bond acceptors (Lipinski definition) is 3. The van der Waals surface area contributed by atoms with Crippen LogP contribution in [0.15, 0.2) is 18.2 Å². The number of benzene rings is 1. The van der Waals surface area contributed by atoms with Crippen LogP contribution in [-0.2, 0) is 0 Å². The van der Waals surface area contributed by atoms with E-state index in [4.69, 9.17) is 5.84 Å². The molecule has 0 amide bonds. The Hall–Kier alpha value is -1.43. The van der Waals surface area contributed by atoms with E-state index in [0.29, 0.717) is 5.56 Å². The maximum Gasteiger partial charge on any atom is 0.573 e. The zero-order valence-electron chi connectivity index (χ0n) is 7.35. The summed E-state index contributed by atoms with van der Waals surface area (Å²) in [5.74, 6) is 4.74. The highest BCUT2D eigenvalue weighted by molar-refractivity contribution is 5.60. The summed E-state index contributed by atoms with van der Waals surface area (Å²) >= 11 is 0. The number of hydrazine groups is 1. The molecule has 0 atom stereocenters. The van der Waals surface area contributed by atoms with Crippen molar-refractivity contribution in [3.63, 3.8) is 0 Å². The van der Waals surface area contributed by atoms with Gasteiger partial charge < -0.3 is 10.2 Å². The number of nitrogens with two attached hydrogens (primary N) is 1. The van der Waals surface area contributed by atoms with E-state index in [0.717, 1.165) is 0 Å². The second kappa shape index (κ2) is 3.75. The lowest BCUT2D eigenvalue weighted by atomic mass is 10.2. The molecule has 0 heterocycles. The third-order valence-corrected chi connectivity index (χ3v) is 1.60. The van der Waals surface area contributed by atoms with E-state index in [-0.39, 0.29) is 11.4 Å². The zero-order chi connectivity index (χ0) is 10.8. The Morgan fingerprint density at radius 1 is 1.36 bits per heavy atom. The number of para-hydroxylation sites is 1. The monoisotopic (exact) mass is 206 g/mol. The van der Waals surface area contributed by atoms with Crippen molar-refractivity contribution in [3.05, 3.63) is 23.8 Å². The van der Waals surface area contributed by atoms with Gasteiger partial charge in [0.1, 0.15) is 0 Å². The standard InChI is InChI=1S/C8H9F3N2O/c1-5-3-2-4-6(7(5)13-12)14-8(9,10)11/h2-4,13H,12H2,1H3. The third-order valence-electron chi connectivity index (χ3n) is 1.60. The van der Waals surface area contributed by atoms with E-state index in [1.807, 2.05) is 0 Å². The van der Waals surface area contributed by atoms with Crippen LogP contribution >= 0.6 is 0 Å². The van der Waals surface area contributed by atoms with Gasteiger partial charge in [-0.05, 0) is 18.6 Å². The number of ether oxygens (including phenoxy) is 1. The smallest absolute Gasteiger partial charge is 0.404 e. The summed E-state index contributed by atoms with van der Waals surface area (Å²) in [5.41, 5.74) is 2.87. The molecule has 0 aliphatic heterocycles. The zero-order valence-corrected chi connectivity index (χ0v) is 7.35. The first-order valence-electron chi connectivity index (χ1n) is 3.76. The van der Waals surface area contributed by atoms with Crippen LogP contribution in [-0.4, -0.2) is 6.36 Å². The van der Waals surface area contributed by atoms with Gasteiger partial charge in [-0.1, -0.05) is 12.1 Å². The Labute approximate surface area is 78.6 Å². The molecule has 0 aliphatic carbocycles. The molecule has 14 heavy (non-hydrogen) atoms. The molecule has 0 bridgehead atoms. The average Bonchev–Trinajstić information content (AvgIpc) is 2.01. The van der Waals surface area contributed by atoms with E-state index >= 15 is 0 Å². The van der Waals surface area contributed by atoms with Crippen LogP contribution in [0.5, 0.6) is 5.75 Å². The molecule has 6 heteroatoms. The van der Waals surface area contributed by atoms with E-state index in [9.17, 15) is 13.2 Å². The van der Waals surface area contributed by atoms with Crippen molar-refractivity contribution in [2.24, 2.45) is 5.84 Å². The summed E-state index contributed by atoms with van der Waals surface area (Å²) in [4.78, 5) is 0. The molecular formula is C8H9F3N2O. The van der Waals surface area contributed by atoms with Crippen LogP contribution in [0.1, 0.15) is 5.56 Å². The molecule has 3 N–H and O–H groups in total. The summed E-state index contributed by atoms with van der Waals surface area (Å²) in [6, 6.07) is 4.27. The topological polar surface area (TPSA) is 47.3 Å². The van der Waals surface area contributed by atoms with Gasteiger partial charge in [0.15, 0.2) is 5.75 Å². The van der Waals surface area contributed by atoms with E-state index in [1.54, 1.807) is 13.0 Å². The Bertz CT molecular complexity index is 325. The maximum atomic E-state index is 11.9. The van der Waals surface area contributed by atoms with Gasteiger partial charge in [0, 0.05) is 0 Å². The van der Waals surface area contributed by atoms with Gasteiger partial charge in [-0.3, -0.25) is 5.84 Å². The average molecular weight is 206 g/mol. The van der Waals surface area contributed by atoms with Crippen molar-refractivity contribution in [2.75, 3.05) is 5.43 Å². The molecule has 1 aromatic carbocycles. The Kier molecular flexibility index (Phi) is 2.85. The van der Waals surface area contributed by atoms with Crippen LogP contribution < -0.4 is 16.0 Å². The summed E-state index contributed by atoms with van der Waals surface area (Å²) < 4.78 is 39.5. The molecule has 0 fully saturated rings. The fourth-order valence-electron chi connectivity index (χ4n) is 1.04. The largest absolute Gasteiger partial charge is 0.573 e. The molecule has 0 aliphatic rings. The fourth-order valence-corrected chi connectivity index (χ4v) is 1.04. The van der Waals surface area contributed by atoms with Crippen molar-refractivity contribution in [3.8, 4) is 5.75 Å². The highest BCUT2D eigenvalue weighted by atomic mass is 19.4. The molecule has 0 radical (unpaired) electrons. The first kappa shape index (κ1) is 10.6. The van der Waals surface area contributed by atoms with Crippen LogP contribution in [0.2, 0.25) is 0 Å². The van der Waals surface area contributed by atoms with Gasteiger partial charge in [0.05, 0.1) is 5.69 Å². The number of nitrogen functional groups attached to an aromatic ring is 1. The Morgan fingerprint density at radius 2 is 2.00 bits per heavy atom. The number of aryl methyl sites for hydroxylation is 1. The Balaban J connectivity index is 3.02. The number of nitrogens with one attached hydrogen (secondary N) is 1. The van der Waals surface area contributed by atoms with Crippen molar-refractivity contribution in [1.82, 2.24) is 0 Å². The lowest BCUT2D eigenvalue weighted by Crippen LogP contribution is -2.19. The predicted molar refractivity (Wildman–Crippen MR) is 45.7 cm³/mol. The van der Waals surface area contributed by atoms with Crippen LogP contribution in [0.25, 0.3) is 0 Å². The minimum atomic E-state index is -4.71. The normalized spacial score (nSPS) is 11.2. The minimum absolute atomic E-state index is 0.129. The van der Waals surface area contributed by atoms with Crippen LogP contribution in [0.3, 0.4) is 0 Å². The van der Waals surface area contributed by atoms with Gasteiger partial charge in [-0.15, -0.1) is 13.2 Å². The quantitative estimate of drug-likeness (QED) is 0.576. The molecule has 1 aromatic rings. The molecule has 1 rings (SSSR count). The van der Waals surface area contributed by atoms with Gasteiger partial charge in [0.2, 0.25) is 0 Å². The first-order chi connectivity index (χ1) is 6.44. The fraction of sp³-hybridized carbons (Fsp3) is 0.250. The number of anilines is 1. The minimum Gasteiger partial charge on any atom is -0.404 e. The van der Waals surface area contributed by atoms with Crippen LogP contribution in [0.4, 0.5) is 18.9 Å². The number of hydrogen-bond donors (Lipinski definition) is 2. The summed E-state index contributed by atoms with van der Waals surface area (Å²) in [5, 5.41) is 0. The van der Waals surface area contributed by atoms with Gasteiger partial charge in [0.25, 0.3) is 0 Å². The molecule has 0 unspecified atom stereocenters. The lowest BCUT2D eigenvalue weighted by Gasteiger charge is -2.14. The van der Waals surface area contributed by atoms with Crippen molar-refractivity contribution in [1.29, 1.82) is 0 Å². The molecule has 0 saturated heterocycles. The third kappa shape index (κ3) is 2.53. The van der Waals surface area contributed by atoms with E-state index in [1.165, 1.54) is 12.1 Å². The lowest BCUT2D eigenvalue weighted by molar-refractivity contribution is -0.274. The van der Waals surface area contributed by atoms with Gasteiger partial charge in [-0.25, -0.2) is 0 Å². The van der Waals surface area contributed by atoms with Crippen molar-refractivity contribution in [2.45, 2.75) is 13.3 Å².